The first-order valence-electron chi connectivity index (χ1n) is 4.73. The zero-order valence-corrected chi connectivity index (χ0v) is 7.82. The van der Waals surface area contributed by atoms with Gasteiger partial charge in [-0.15, -0.1) is 0 Å². The van der Waals surface area contributed by atoms with Crippen LogP contribution in [0.1, 0.15) is 26.2 Å². The monoisotopic (exact) mass is 185 g/mol. The summed E-state index contributed by atoms with van der Waals surface area (Å²) in [5.41, 5.74) is -0.575. The Hall–Kier alpha value is -0.610. The summed E-state index contributed by atoms with van der Waals surface area (Å²) in [5.74, 6) is -0.263. The lowest BCUT2D eigenvalue weighted by Gasteiger charge is -2.49. The highest BCUT2D eigenvalue weighted by Crippen LogP contribution is 2.35. The summed E-state index contributed by atoms with van der Waals surface area (Å²) in [6.45, 7) is 3.09. The van der Waals surface area contributed by atoms with Gasteiger partial charge in [0.1, 0.15) is 0 Å². The number of rotatable bonds is 1. The van der Waals surface area contributed by atoms with Crippen LogP contribution in [0.5, 0.6) is 0 Å². The van der Waals surface area contributed by atoms with Crippen molar-refractivity contribution in [3.63, 3.8) is 0 Å². The van der Waals surface area contributed by atoms with Crippen molar-refractivity contribution in [2.24, 2.45) is 0 Å². The highest BCUT2D eigenvalue weighted by atomic mass is 16.6. The molecule has 4 nitrogen and oxygen atoms in total. The van der Waals surface area contributed by atoms with Gasteiger partial charge in [0.05, 0.1) is 5.60 Å². The molecule has 1 N–H and O–H groups in total. The van der Waals surface area contributed by atoms with E-state index >= 15 is 0 Å². The Balaban J connectivity index is 2.03. The van der Waals surface area contributed by atoms with Gasteiger partial charge in [0, 0.05) is 26.4 Å². The van der Waals surface area contributed by atoms with E-state index in [1.54, 1.807) is 0 Å². The van der Waals surface area contributed by atoms with Gasteiger partial charge in [-0.3, -0.25) is 9.69 Å². The van der Waals surface area contributed by atoms with E-state index in [4.69, 9.17) is 4.74 Å². The summed E-state index contributed by atoms with van der Waals surface area (Å²) in [5, 5.41) is 9.98. The molecule has 74 valence electrons. The fraction of sp³-hybridized carbons (Fsp3) is 0.889. The lowest BCUT2D eigenvalue weighted by atomic mass is 9.82. The van der Waals surface area contributed by atoms with E-state index in [0.29, 0.717) is 6.42 Å². The number of hydrogen-bond acceptors (Lipinski definition) is 4. The second-order valence-electron chi connectivity index (χ2n) is 4.03. The summed E-state index contributed by atoms with van der Waals surface area (Å²) in [6.07, 6.45) is 2.01. The Bertz CT molecular complexity index is 221. The fourth-order valence-corrected chi connectivity index (χ4v) is 2.19. The van der Waals surface area contributed by atoms with Crippen LogP contribution in [-0.4, -0.2) is 40.9 Å². The molecule has 0 aromatic heterocycles. The topological polar surface area (TPSA) is 49.8 Å². The van der Waals surface area contributed by atoms with Crippen molar-refractivity contribution in [2.45, 2.75) is 38.0 Å². The number of ether oxygens (including phenoxy) is 1. The minimum atomic E-state index is -0.575. The molecule has 0 aromatic rings. The molecule has 0 aliphatic carbocycles. The van der Waals surface area contributed by atoms with Crippen LogP contribution >= 0.6 is 0 Å². The molecule has 1 atom stereocenters. The van der Waals surface area contributed by atoms with Crippen LogP contribution < -0.4 is 0 Å². The van der Waals surface area contributed by atoms with Gasteiger partial charge in [0.25, 0.3) is 0 Å². The molecule has 2 bridgehead atoms. The number of carbonyl (C=O) groups excluding carboxylic acids is 1. The Morgan fingerprint density at radius 3 is 2.62 bits per heavy atom. The molecule has 3 fully saturated rings. The van der Waals surface area contributed by atoms with Crippen LogP contribution in [-0.2, 0) is 9.53 Å². The molecular weight excluding hydrogens is 170 g/mol. The minimum absolute atomic E-state index is 0.190. The standard InChI is InChI=1S/C9H15NO3/c1-7(11)13-8-6-9(12)2-4-10(8)5-3-9/h8,12H,2-6H2,1H3. The number of nitrogens with zero attached hydrogens (tertiary/aromatic N) is 1. The molecular formula is C9H15NO3. The second-order valence-corrected chi connectivity index (χ2v) is 4.03. The highest BCUT2D eigenvalue weighted by Gasteiger charge is 2.44. The Labute approximate surface area is 77.5 Å². The number of aliphatic hydroxyl groups is 1. The number of fused-ring (bicyclic) bond motifs is 3. The fourth-order valence-electron chi connectivity index (χ4n) is 2.19. The van der Waals surface area contributed by atoms with Crippen LogP contribution in [0, 0.1) is 0 Å². The van der Waals surface area contributed by atoms with Crippen molar-refractivity contribution in [1.82, 2.24) is 4.90 Å². The number of esters is 1. The summed E-state index contributed by atoms with van der Waals surface area (Å²) >= 11 is 0. The molecule has 0 spiro atoms. The summed E-state index contributed by atoms with van der Waals surface area (Å²) in [7, 11) is 0. The Morgan fingerprint density at radius 1 is 1.54 bits per heavy atom. The van der Waals surface area contributed by atoms with E-state index in [-0.39, 0.29) is 12.2 Å². The third kappa shape index (κ3) is 1.69. The van der Waals surface area contributed by atoms with E-state index in [1.807, 2.05) is 0 Å². The molecule has 13 heavy (non-hydrogen) atoms. The smallest absolute Gasteiger partial charge is 0.304 e. The van der Waals surface area contributed by atoms with Gasteiger partial charge in [0.2, 0.25) is 0 Å². The second kappa shape index (κ2) is 2.96. The minimum Gasteiger partial charge on any atom is -0.446 e. The maximum Gasteiger partial charge on any atom is 0.304 e. The van der Waals surface area contributed by atoms with Gasteiger partial charge in [-0.05, 0) is 12.8 Å². The quantitative estimate of drug-likeness (QED) is 0.589. The van der Waals surface area contributed by atoms with Crippen LogP contribution in [0.15, 0.2) is 0 Å². The van der Waals surface area contributed by atoms with E-state index in [2.05, 4.69) is 4.90 Å². The van der Waals surface area contributed by atoms with E-state index in [1.165, 1.54) is 6.92 Å². The lowest BCUT2D eigenvalue weighted by molar-refractivity contribution is -0.191. The van der Waals surface area contributed by atoms with Crippen molar-refractivity contribution in [2.75, 3.05) is 13.1 Å². The molecule has 3 rings (SSSR count). The van der Waals surface area contributed by atoms with Crippen LogP contribution in [0.25, 0.3) is 0 Å². The summed E-state index contributed by atoms with van der Waals surface area (Å²) in [4.78, 5) is 12.9. The van der Waals surface area contributed by atoms with Crippen molar-refractivity contribution in [1.29, 1.82) is 0 Å². The molecule has 3 heterocycles. The predicted octanol–water partition coefficient (Wildman–Crippen LogP) is 0.106. The van der Waals surface area contributed by atoms with E-state index in [9.17, 15) is 9.90 Å². The molecule has 4 heteroatoms. The number of carbonyl (C=O) groups is 1. The average Bonchev–Trinajstić information content (AvgIpc) is 2.02. The van der Waals surface area contributed by atoms with Gasteiger partial charge in [-0.1, -0.05) is 0 Å². The van der Waals surface area contributed by atoms with E-state index in [0.717, 1.165) is 25.9 Å². The molecule has 3 aliphatic heterocycles. The third-order valence-corrected chi connectivity index (χ3v) is 2.99. The van der Waals surface area contributed by atoms with E-state index < -0.39 is 5.60 Å². The molecule has 0 saturated carbocycles. The average molecular weight is 185 g/mol. The number of piperidine rings is 3. The van der Waals surface area contributed by atoms with Crippen molar-refractivity contribution >= 4 is 5.97 Å². The number of hydrogen-bond donors (Lipinski definition) is 1. The summed E-state index contributed by atoms with van der Waals surface area (Å²) < 4.78 is 5.12. The van der Waals surface area contributed by atoms with Gasteiger partial charge in [-0.2, -0.15) is 0 Å². The highest BCUT2D eigenvalue weighted by molar-refractivity contribution is 5.66. The first-order valence-corrected chi connectivity index (χ1v) is 4.73. The van der Waals surface area contributed by atoms with Crippen molar-refractivity contribution in [3.05, 3.63) is 0 Å². The van der Waals surface area contributed by atoms with Crippen molar-refractivity contribution in [3.8, 4) is 0 Å². The lowest BCUT2D eigenvalue weighted by Crippen LogP contribution is -2.58. The maximum absolute atomic E-state index is 10.8. The van der Waals surface area contributed by atoms with Gasteiger partial charge >= 0.3 is 5.97 Å². The summed E-state index contributed by atoms with van der Waals surface area (Å²) in [6, 6.07) is 0. The molecule has 1 unspecified atom stereocenters. The van der Waals surface area contributed by atoms with Crippen LogP contribution in [0.2, 0.25) is 0 Å². The maximum atomic E-state index is 10.8. The largest absolute Gasteiger partial charge is 0.446 e. The molecule has 0 amide bonds. The normalized spacial score (nSPS) is 43.2. The first-order chi connectivity index (χ1) is 6.09. The molecule has 0 aromatic carbocycles. The molecule has 0 radical (unpaired) electrons. The SMILES string of the molecule is CC(=O)OC1CC2(O)CCN1CC2. The Kier molecular flexibility index (Phi) is 2.04. The van der Waals surface area contributed by atoms with Gasteiger partial charge in [0.15, 0.2) is 6.23 Å². The van der Waals surface area contributed by atoms with Crippen molar-refractivity contribution < 1.29 is 14.6 Å². The molecule has 3 saturated heterocycles. The van der Waals surface area contributed by atoms with Gasteiger partial charge in [-0.25, -0.2) is 0 Å². The molecule has 3 aliphatic rings. The third-order valence-electron chi connectivity index (χ3n) is 2.99. The van der Waals surface area contributed by atoms with Gasteiger partial charge < -0.3 is 9.84 Å². The first kappa shape index (κ1) is 8.97. The zero-order chi connectivity index (χ0) is 9.47. The van der Waals surface area contributed by atoms with Crippen LogP contribution in [0.3, 0.4) is 0 Å². The Morgan fingerprint density at radius 2 is 2.15 bits per heavy atom. The predicted molar refractivity (Wildman–Crippen MR) is 45.9 cm³/mol. The zero-order valence-electron chi connectivity index (χ0n) is 7.82. The van der Waals surface area contributed by atoms with Crippen LogP contribution in [0.4, 0.5) is 0 Å².